The molecule has 4 rings (SSSR count). The minimum Gasteiger partial charge on any atom is -0.393 e. The van der Waals surface area contributed by atoms with Gasteiger partial charge in [0.2, 0.25) is 0 Å². The Balaban J connectivity index is 1.54. The number of fused-ring (bicyclic) bond motifs is 1. The number of nitrogens with zero attached hydrogens (tertiary/aromatic N) is 1. The first kappa shape index (κ1) is 18.5. The molecule has 3 aromatic rings. The summed E-state index contributed by atoms with van der Waals surface area (Å²) in [4.78, 5) is 27.9. The molecule has 146 valence electrons. The Kier molecular flexibility index (Phi) is 5.05. The number of rotatable bonds is 4. The summed E-state index contributed by atoms with van der Waals surface area (Å²) >= 11 is 0. The lowest BCUT2D eigenvalue weighted by Gasteiger charge is -2.26. The largest absolute Gasteiger partial charge is 0.393 e. The molecule has 0 bridgehead atoms. The number of aliphatic hydroxyl groups excluding tert-OH is 1. The topological polar surface area (TPSA) is 87.1 Å². The van der Waals surface area contributed by atoms with Gasteiger partial charge in [-0.1, -0.05) is 24.3 Å². The van der Waals surface area contributed by atoms with Gasteiger partial charge in [-0.05, 0) is 61.9 Å². The van der Waals surface area contributed by atoms with Crippen molar-refractivity contribution in [3.63, 3.8) is 0 Å². The molecule has 1 aromatic heterocycles. The van der Waals surface area contributed by atoms with Crippen molar-refractivity contribution < 1.29 is 9.90 Å². The van der Waals surface area contributed by atoms with Gasteiger partial charge < -0.3 is 15.4 Å². The van der Waals surface area contributed by atoms with E-state index in [4.69, 9.17) is 0 Å². The quantitative estimate of drug-likeness (QED) is 0.651. The monoisotopic (exact) mass is 379 g/mol. The van der Waals surface area contributed by atoms with Crippen LogP contribution in [0.25, 0.3) is 11.0 Å². The summed E-state index contributed by atoms with van der Waals surface area (Å²) in [7, 11) is 0. The van der Waals surface area contributed by atoms with Gasteiger partial charge in [-0.3, -0.25) is 9.36 Å². The maximum atomic E-state index is 12.6. The molecule has 3 N–H and O–H groups in total. The molecule has 0 saturated heterocycles. The molecule has 6 nitrogen and oxygen atoms in total. The van der Waals surface area contributed by atoms with Crippen LogP contribution in [-0.2, 0) is 6.54 Å². The maximum absolute atomic E-state index is 12.6. The van der Waals surface area contributed by atoms with Crippen molar-refractivity contribution in [2.24, 2.45) is 0 Å². The van der Waals surface area contributed by atoms with Crippen molar-refractivity contribution in [3.8, 4) is 0 Å². The number of carbonyl (C=O) groups excluding carboxylic acids is 1. The summed E-state index contributed by atoms with van der Waals surface area (Å²) in [5.41, 5.74) is 4.05. The van der Waals surface area contributed by atoms with E-state index in [2.05, 4.69) is 10.3 Å². The molecule has 6 heteroatoms. The molecule has 0 radical (unpaired) electrons. The lowest BCUT2D eigenvalue weighted by molar-refractivity contribution is 0.0951. The molecule has 0 unspecified atom stereocenters. The Labute approximate surface area is 163 Å². The summed E-state index contributed by atoms with van der Waals surface area (Å²) in [6.45, 7) is 2.48. The van der Waals surface area contributed by atoms with Crippen molar-refractivity contribution in [3.05, 3.63) is 69.6 Å². The van der Waals surface area contributed by atoms with Crippen molar-refractivity contribution in [2.45, 2.75) is 51.3 Å². The summed E-state index contributed by atoms with van der Waals surface area (Å²) in [6.07, 6.45) is 2.73. The van der Waals surface area contributed by atoms with Crippen molar-refractivity contribution in [2.75, 3.05) is 0 Å². The molecular formula is C22H25N3O3. The summed E-state index contributed by atoms with van der Waals surface area (Å²) in [5, 5.41) is 12.7. The van der Waals surface area contributed by atoms with Crippen molar-refractivity contribution in [1.82, 2.24) is 14.9 Å². The van der Waals surface area contributed by atoms with Crippen LogP contribution in [0.4, 0.5) is 0 Å². The Bertz CT molecular complexity index is 1060. The Hall–Kier alpha value is -2.86. The number of H-pyrrole nitrogens is 1. The summed E-state index contributed by atoms with van der Waals surface area (Å²) in [5.74, 6) is -0.167. The average Bonchev–Trinajstić information content (AvgIpc) is 3.02. The zero-order chi connectivity index (χ0) is 19.7. The highest BCUT2D eigenvalue weighted by Gasteiger charge is 2.24. The second-order valence-electron chi connectivity index (χ2n) is 7.60. The number of hydrogen-bond acceptors (Lipinski definition) is 3. The van der Waals surface area contributed by atoms with Crippen LogP contribution in [0.15, 0.2) is 47.3 Å². The smallest absolute Gasteiger partial charge is 0.326 e. The van der Waals surface area contributed by atoms with E-state index in [-0.39, 0.29) is 23.7 Å². The number of carbonyl (C=O) groups is 1. The van der Waals surface area contributed by atoms with Crippen LogP contribution in [-0.4, -0.2) is 26.7 Å². The van der Waals surface area contributed by atoms with Gasteiger partial charge in [0.15, 0.2) is 0 Å². The van der Waals surface area contributed by atoms with Gasteiger partial charge in [-0.2, -0.15) is 0 Å². The number of hydrogen-bond donors (Lipinski definition) is 3. The number of aryl methyl sites for hydroxylation is 1. The van der Waals surface area contributed by atoms with E-state index < -0.39 is 0 Å². The standard InChI is InChI=1S/C22H25N3O3/c1-14-4-2-3-5-16(14)13-23-21(27)15-6-11-20-19(12-15)24-22(28)25(20)17-7-9-18(26)10-8-17/h2-6,11-12,17-18,26H,7-10,13H2,1H3,(H,23,27)(H,24,28). The summed E-state index contributed by atoms with van der Waals surface area (Å²) < 4.78 is 1.77. The minimum absolute atomic E-state index is 0.0883. The third-order valence-electron chi connectivity index (χ3n) is 5.71. The van der Waals surface area contributed by atoms with Crippen LogP contribution < -0.4 is 11.0 Å². The molecule has 1 heterocycles. The Morgan fingerprint density at radius 1 is 1.18 bits per heavy atom. The third kappa shape index (κ3) is 3.60. The molecule has 0 atom stereocenters. The first-order valence-electron chi connectivity index (χ1n) is 9.78. The molecular weight excluding hydrogens is 354 g/mol. The molecule has 1 fully saturated rings. The predicted molar refractivity (Wildman–Crippen MR) is 108 cm³/mol. The van der Waals surface area contributed by atoms with Gasteiger partial charge in [-0.15, -0.1) is 0 Å². The van der Waals surface area contributed by atoms with Crippen LogP contribution in [0.1, 0.15) is 53.2 Å². The van der Waals surface area contributed by atoms with Gasteiger partial charge in [0.05, 0.1) is 17.1 Å². The normalized spacial score (nSPS) is 19.6. The fourth-order valence-electron chi connectivity index (χ4n) is 4.04. The number of amides is 1. The van der Waals surface area contributed by atoms with Gasteiger partial charge in [0.1, 0.15) is 0 Å². The number of aromatic nitrogens is 2. The number of imidazole rings is 1. The summed E-state index contributed by atoms with van der Waals surface area (Å²) in [6, 6.07) is 13.4. The highest BCUT2D eigenvalue weighted by molar-refractivity contribution is 5.97. The second-order valence-corrected chi connectivity index (χ2v) is 7.60. The molecule has 1 saturated carbocycles. The lowest BCUT2D eigenvalue weighted by Crippen LogP contribution is -2.27. The molecule has 0 aliphatic heterocycles. The number of aliphatic hydroxyl groups is 1. The van der Waals surface area contributed by atoms with E-state index >= 15 is 0 Å². The van der Waals surface area contributed by atoms with Crippen LogP contribution >= 0.6 is 0 Å². The first-order chi connectivity index (χ1) is 13.5. The zero-order valence-corrected chi connectivity index (χ0v) is 15.9. The molecule has 0 spiro atoms. The number of benzene rings is 2. The van der Waals surface area contributed by atoms with E-state index in [1.165, 1.54) is 0 Å². The minimum atomic E-state index is -0.263. The molecule has 28 heavy (non-hydrogen) atoms. The fraction of sp³-hybridized carbons (Fsp3) is 0.364. The second kappa shape index (κ2) is 7.64. The van der Waals surface area contributed by atoms with E-state index in [1.54, 1.807) is 16.7 Å². The average molecular weight is 379 g/mol. The van der Waals surface area contributed by atoms with Crippen LogP contribution in [0.5, 0.6) is 0 Å². The maximum Gasteiger partial charge on any atom is 0.326 e. The third-order valence-corrected chi connectivity index (χ3v) is 5.71. The molecule has 1 aliphatic carbocycles. The van der Waals surface area contributed by atoms with Crippen LogP contribution in [0.3, 0.4) is 0 Å². The first-order valence-corrected chi connectivity index (χ1v) is 9.78. The Morgan fingerprint density at radius 3 is 2.68 bits per heavy atom. The molecule has 2 aromatic carbocycles. The van der Waals surface area contributed by atoms with Crippen molar-refractivity contribution in [1.29, 1.82) is 0 Å². The van der Waals surface area contributed by atoms with E-state index in [9.17, 15) is 14.7 Å². The highest BCUT2D eigenvalue weighted by atomic mass is 16.3. The van der Waals surface area contributed by atoms with Crippen LogP contribution in [0, 0.1) is 6.92 Å². The number of nitrogens with one attached hydrogen (secondary N) is 2. The number of aromatic amines is 1. The van der Waals surface area contributed by atoms with Gasteiger partial charge in [0, 0.05) is 18.2 Å². The van der Waals surface area contributed by atoms with Crippen molar-refractivity contribution >= 4 is 16.9 Å². The SMILES string of the molecule is Cc1ccccc1CNC(=O)c1ccc2c(c1)[nH]c(=O)n2C1CCC(O)CC1. The van der Waals surface area contributed by atoms with Gasteiger partial charge in [-0.25, -0.2) is 4.79 Å². The van der Waals surface area contributed by atoms with Gasteiger partial charge >= 0.3 is 5.69 Å². The predicted octanol–water partition coefficient (Wildman–Crippen LogP) is 3.04. The van der Waals surface area contributed by atoms with Crippen LogP contribution in [0.2, 0.25) is 0 Å². The Morgan fingerprint density at radius 2 is 1.93 bits per heavy atom. The lowest BCUT2D eigenvalue weighted by atomic mass is 9.93. The molecule has 1 aliphatic rings. The van der Waals surface area contributed by atoms with Gasteiger partial charge in [0.25, 0.3) is 5.91 Å². The van der Waals surface area contributed by atoms with E-state index in [0.717, 1.165) is 29.5 Å². The fourth-order valence-corrected chi connectivity index (χ4v) is 4.04. The molecule has 1 amide bonds. The van der Waals surface area contributed by atoms with E-state index in [0.29, 0.717) is 30.5 Å². The van der Waals surface area contributed by atoms with E-state index in [1.807, 2.05) is 37.3 Å². The highest BCUT2D eigenvalue weighted by Crippen LogP contribution is 2.29. The zero-order valence-electron chi connectivity index (χ0n) is 15.9.